The van der Waals surface area contributed by atoms with Crippen LogP contribution in [0.4, 0.5) is 0 Å². The molecular formula is C8H10Cl2N2O4. The molecule has 0 atom stereocenters. The molecule has 6 nitrogen and oxygen atoms in total. The lowest BCUT2D eigenvalue weighted by Crippen LogP contribution is -1.99. The molecule has 0 aliphatic heterocycles. The van der Waals surface area contributed by atoms with Crippen LogP contribution in [0.25, 0.3) is 0 Å². The Balaban J connectivity index is 0. The molecule has 0 aliphatic rings. The maximum atomic E-state index is 10.3. The molecule has 0 saturated carbocycles. The highest BCUT2D eigenvalue weighted by molar-refractivity contribution is 6.11. The molecule has 1 aromatic carbocycles. The number of aromatic carboxylic acids is 2. The molecular weight excluding hydrogens is 259 g/mol. The maximum Gasteiger partial charge on any atom is 0.335 e. The third kappa shape index (κ3) is 6.20. The van der Waals surface area contributed by atoms with Crippen LogP contribution in [-0.4, -0.2) is 22.2 Å². The number of benzene rings is 1. The molecule has 8 heteroatoms. The van der Waals surface area contributed by atoms with Gasteiger partial charge in [0.2, 0.25) is 0 Å². The summed E-state index contributed by atoms with van der Waals surface area (Å²) in [6.07, 6.45) is 0. The van der Waals surface area contributed by atoms with Crippen LogP contribution in [0.3, 0.4) is 0 Å². The second-order valence-electron chi connectivity index (χ2n) is 2.19. The van der Waals surface area contributed by atoms with E-state index < -0.39 is 11.9 Å². The SMILES string of the molecule is NCl.NCl.O=C(O)c1ccc(C(=O)O)cc1. The normalized spacial score (nSPS) is 7.75. The standard InChI is InChI=1S/C8H6O4.2ClH2N/c9-7(10)5-1-2-6(4-3-5)8(11)12;2*1-2/h1-4H,(H,9,10)(H,11,12);2*2H2. The van der Waals surface area contributed by atoms with Crippen LogP contribution < -0.4 is 10.5 Å². The van der Waals surface area contributed by atoms with E-state index in [0.717, 1.165) is 0 Å². The van der Waals surface area contributed by atoms with Gasteiger partial charge in [0.1, 0.15) is 0 Å². The van der Waals surface area contributed by atoms with Gasteiger partial charge in [-0.1, -0.05) is 0 Å². The molecule has 0 aromatic heterocycles. The lowest BCUT2D eigenvalue weighted by molar-refractivity contribution is 0.0681. The van der Waals surface area contributed by atoms with E-state index in [-0.39, 0.29) is 11.1 Å². The van der Waals surface area contributed by atoms with Gasteiger partial charge in [0, 0.05) is 0 Å². The van der Waals surface area contributed by atoms with E-state index in [0.29, 0.717) is 0 Å². The number of nitrogens with two attached hydrogens (primary N) is 2. The number of hydrogen-bond acceptors (Lipinski definition) is 4. The summed E-state index contributed by atoms with van der Waals surface area (Å²) in [5, 5.41) is 24.9. The van der Waals surface area contributed by atoms with Gasteiger partial charge in [0.15, 0.2) is 0 Å². The van der Waals surface area contributed by atoms with Gasteiger partial charge in [-0.2, -0.15) is 0 Å². The molecule has 0 aliphatic carbocycles. The first-order valence-corrected chi connectivity index (χ1v) is 4.49. The van der Waals surface area contributed by atoms with E-state index >= 15 is 0 Å². The number of carboxylic acids is 2. The fraction of sp³-hybridized carbons (Fsp3) is 0. The molecule has 0 amide bonds. The zero-order valence-electron chi connectivity index (χ0n) is 7.93. The summed E-state index contributed by atoms with van der Waals surface area (Å²) in [6, 6.07) is 5.02. The molecule has 6 N–H and O–H groups in total. The highest BCUT2D eigenvalue weighted by atomic mass is 35.5. The van der Waals surface area contributed by atoms with Crippen molar-refractivity contribution in [3.63, 3.8) is 0 Å². The third-order valence-corrected chi connectivity index (χ3v) is 1.38. The number of rotatable bonds is 2. The lowest BCUT2D eigenvalue weighted by atomic mass is 10.1. The van der Waals surface area contributed by atoms with E-state index in [2.05, 4.69) is 34.1 Å². The first kappa shape index (κ1) is 17.1. The molecule has 16 heavy (non-hydrogen) atoms. The molecule has 0 bridgehead atoms. The summed E-state index contributed by atoms with van der Waals surface area (Å²) in [4.78, 5) is 20.7. The fourth-order valence-electron chi connectivity index (χ4n) is 0.755. The van der Waals surface area contributed by atoms with E-state index in [1.54, 1.807) is 0 Å². The van der Waals surface area contributed by atoms with Gasteiger partial charge in [-0.15, -0.1) is 0 Å². The second-order valence-corrected chi connectivity index (χ2v) is 2.19. The topological polar surface area (TPSA) is 127 Å². The van der Waals surface area contributed by atoms with Crippen LogP contribution in [0, 0.1) is 0 Å². The van der Waals surface area contributed by atoms with E-state index in [1.807, 2.05) is 0 Å². The predicted octanol–water partition coefficient (Wildman–Crippen LogP) is 1.28. The minimum absolute atomic E-state index is 0.0833. The average Bonchev–Trinajstić information content (AvgIpc) is 2.34. The summed E-state index contributed by atoms with van der Waals surface area (Å²) < 4.78 is 0. The van der Waals surface area contributed by atoms with Crippen molar-refractivity contribution >= 4 is 35.5 Å². The van der Waals surface area contributed by atoms with Gasteiger partial charge in [0.05, 0.1) is 11.1 Å². The first-order chi connectivity index (χ1) is 7.61. The van der Waals surface area contributed by atoms with Gasteiger partial charge < -0.3 is 10.2 Å². The average molecular weight is 269 g/mol. The molecule has 0 spiro atoms. The smallest absolute Gasteiger partial charge is 0.335 e. The Bertz CT molecular complexity index is 296. The van der Waals surface area contributed by atoms with Crippen LogP contribution in [0.15, 0.2) is 24.3 Å². The predicted molar refractivity (Wildman–Crippen MR) is 60.4 cm³/mol. The molecule has 90 valence electrons. The van der Waals surface area contributed by atoms with E-state index in [9.17, 15) is 9.59 Å². The molecule has 0 radical (unpaired) electrons. The second kappa shape index (κ2) is 10.2. The third-order valence-electron chi connectivity index (χ3n) is 1.38. The summed E-state index contributed by atoms with van der Waals surface area (Å²) >= 11 is 8.28. The van der Waals surface area contributed by atoms with E-state index in [4.69, 9.17) is 10.2 Å². The van der Waals surface area contributed by atoms with Gasteiger partial charge in [-0.3, -0.25) is 0 Å². The molecule has 1 rings (SSSR count). The van der Waals surface area contributed by atoms with Gasteiger partial charge >= 0.3 is 11.9 Å². The van der Waals surface area contributed by atoms with Gasteiger partial charge in [-0.05, 0) is 47.8 Å². The molecule has 0 unspecified atom stereocenters. The molecule has 0 saturated heterocycles. The van der Waals surface area contributed by atoms with Crippen molar-refractivity contribution in [2.24, 2.45) is 10.5 Å². The zero-order valence-corrected chi connectivity index (χ0v) is 9.44. The van der Waals surface area contributed by atoms with Crippen molar-refractivity contribution in [3.8, 4) is 0 Å². The van der Waals surface area contributed by atoms with Crippen molar-refractivity contribution < 1.29 is 19.8 Å². The molecule has 0 fully saturated rings. The summed E-state index contributed by atoms with van der Waals surface area (Å²) in [5.74, 6) is -2.13. The van der Waals surface area contributed by atoms with Gasteiger partial charge in [-0.25, -0.2) is 20.1 Å². The van der Waals surface area contributed by atoms with Crippen molar-refractivity contribution in [2.45, 2.75) is 0 Å². The highest BCUT2D eigenvalue weighted by Gasteiger charge is 2.04. The van der Waals surface area contributed by atoms with E-state index in [1.165, 1.54) is 24.3 Å². The van der Waals surface area contributed by atoms with Gasteiger partial charge in [0.25, 0.3) is 0 Å². The maximum absolute atomic E-state index is 10.3. The quantitative estimate of drug-likeness (QED) is 0.599. The van der Waals surface area contributed by atoms with Crippen molar-refractivity contribution in [2.75, 3.05) is 0 Å². The number of carbonyl (C=O) groups is 2. The number of halogens is 2. The van der Waals surface area contributed by atoms with Crippen molar-refractivity contribution in [1.82, 2.24) is 0 Å². The molecule has 1 aromatic rings. The fourth-order valence-corrected chi connectivity index (χ4v) is 0.755. The van der Waals surface area contributed by atoms with Crippen LogP contribution in [0.2, 0.25) is 0 Å². The summed E-state index contributed by atoms with van der Waals surface area (Å²) in [5.41, 5.74) is 0.167. The Morgan fingerprint density at radius 3 is 1.12 bits per heavy atom. The molecule has 0 heterocycles. The summed E-state index contributed by atoms with van der Waals surface area (Å²) in [6.45, 7) is 0. The van der Waals surface area contributed by atoms with Crippen molar-refractivity contribution in [1.29, 1.82) is 0 Å². The Hall–Kier alpha value is -1.34. The Morgan fingerprint density at radius 1 is 0.812 bits per heavy atom. The number of carboxylic acid groups (broad SMARTS) is 2. The summed E-state index contributed by atoms with van der Waals surface area (Å²) in [7, 11) is 0. The van der Waals surface area contributed by atoms with Crippen LogP contribution in [0.5, 0.6) is 0 Å². The van der Waals surface area contributed by atoms with Crippen LogP contribution >= 0.6 is 23.6 Å². The van der Waals surface area contributed by atoms with Crippen LogP contribution in [0.1, 0.15) is 20.7 Å². The Morgan fingerprint density at radius 2 is 1.00 bits per heavy atom. The lowest BCUT2D eigenvalue weighted by Gasteiger charge is -1.94. The monoisotopic (exact) mass is 268 g/mol. The minimum atomic E-state index is -1.06. The minimum Gasteiger partial charge on any atom is -0.478 e. The first-order valence-electron chi connectivity index (χ1n) is 3.61. The van der Waals surface area contributed by atoms with Crippen molar-refractivity contribution in [3.05, 3.63) is 35.4 Å². The number of hydrogen-bond donors (Lipinski definition) is 4. The largest absolute Gasteiger partial charge is 0.478 e. The highest BCUT2D eigenvalue weighted by Crippen LogP contribution is 2.03. The van der Waals surface area contributed by atoms with Crippen LogP contribution in [-0.2, 0) is 0 Å². The zero-order chi connectivity index (χ0) is 13.1. The Kier molecular flexibility index (Phi) is 10.9. The Labute approximate surface area is 102 Å².